The molecule has 4 nitrogen and oxygen atoms in total. The topological polar surface area (TPSA) is 47.6 Å². The molecule has 1 N–H and O–H groups in total. The van der Waals surface area contributed by atoms with Crippen molar-refractivity contribution >= 4 is 35.0 Å². The average Bonchev–Trinajstić information content (AvgIpc) is 2.55. The number of carbonyl (C=O) groups is 1. The van der Waals surface area contributed by atoms with E-state index in [1.807, 2.05) is 0 Å². The largest absolute Gasteiger partial charge is 0.495 e. The molecule has 0 aliphatic rings. The van der Waals surface area contributed by atoms with Crippen molar-refractivity contribution in [3.05, 3.63) is 52.8 Å². The van der Waals surface area contributed by atoms with Gasteiger partial charge < -0.3 is 14.8 Å². The van der Waals surface area contributed by atoms with Crippen LogP contribution in [0.1, 0.15) is 5.56 Å². The average molecular weight is 370 g/mol. The minimum absolute atomic E-state index is 0.186. The standard InChI is InChI=1S/C17H17ClFNO3S/c1-22-15-5-3-11(7-13(15)19)9-24-10-17(21)20-14-8-12(18)4-6-16(14)23-2/h3-8H,9-10H2,1-2H3,(H,20,21). The van der Waals surface area contributed by atoms with Gasteiger partial charge in [-0.3, -0.25) is 4.79 Å². The smallest absolute Gasteiger partial charge is 0.234 e. The number of amides is 1. The lowest BCUT2D eigenvalue weighted by Gasteiger charge is -2.10. The molecule has 2 aromatic rings. The van der Waals surface area contributed by atoms with E-state index in [0.717, 1.165) is 5.56 Å². The summed E-state index contributed by atoms with van der Waals surface area (Å²) in [6.45, 7) is 0. The van der Waals surface area contributed by atoms with Crippen molar-refractivity contribution in [1.29, 1.82) is 0 Å². The molecule has 24 heavy (non-hydrogen) atoms. The second-order valence-electron chi connectivity index (χ2n) is 4.85. The van der Waals surface area contributed by atoms with Crippen LogP contribution >= 0.6 is 23.4 Å². The number of benzene rings is 2. The molecular formula is C17H17ClFNO3S. The van der Waals surface area contributed by atoms with E-state index in [9.17, 15) is 9.18 Å². The predicted molar refractivity (Wildman–Crippen MR) is 95.7 cm³/mol. The Bertz CT molecular complexity index is 727. The number of ether oxygens (including phenoxy) is 2. The fraction of sp³-hybridized carbons (Fsp3) is 0.235. The van der Waals surface area contributed by atoms with E-state index >= 15 is 0 Å². The van der Waals surface area contributed by atoms with Gasteiger partial charge in [-0.2, -0.15) is 0 Å². The van der Waals surface area contributed by atoms with Crippen molar-refractivity contribution in [1.82, 2.24) is 0 Å². The molecule has 0 heterocycles. The molecule has 0 aromatic heterocycles. The molecule has 0 atom stereocenters. The molecule has 2 aromatic carbocycles. The van der Waals surface area contributed by atoms with Gasteiger partial charge in [0.05, 0.1) is 25.7 Å². The highest BCUT2D eigenvalue weighted by atomic mass is 35.5. The number of anilines is 1. The zero-order valence-corrected chi connectivity index (χ0v) is 14.8. The fourth-order valence-electron chi connectivity index (χ4n) is 2.03. The summed E-state index contributed by atoms with van der Waals surface area (Å²) in [5.74, 6) is 0.882. The van der Waals surface area contributed by atoms with Crippen LogP contribution in [0.25, 0.3) is 0 Å². The van der Waals surface area contributed by atoms with Crippen LogP contribution in [0, 0.1) is 5.82 Å². The first-order chi connectivity index (χ1) is 11.5. The van der Waals surface area contributed by atoms with Crippen molar-refractivity contribution in [3.63, 3.8) is 0 Å². The van der Waals surface area contributed by atoms with Crippen LogP contribution in [0.15, 0.2) is 36.4 Å². The van der Waals surface area contributed by atoms with E-state index in [1.54, 1.807) is 30.3 Å². The number of carbonyl (C=O) groups excluding carboxylic acids is 1. The van der Waals surface area contributed by atoms with Crippen molar-refractivity contribution < 1.29 is 18.7 Å². The van der Waals surface area contributed by atoms with Gasteiger partial charge in [0.2, 0.25) is 5.91 Å². The maximum Gasteiger partial charge on any atom is 0.234 e. The SMILES string of the molecule is COc1ccc(CSCC(=O)Nc2cc(Cl)ccc2OC)cc1F. The zero-order valence-electron chi connectivity index (χ0n) is 13.3. The third-order valence-corrected chi connectivity index (χ3v) is 4.39. The van der Waals surface area contributed by atoms with E-state index < -0.39 is 5.82 Å². The molecule has 128 valence electrons. The van der Waals surface area contributed by atoms with Gasteiger partial charge in [-0.05, 0) is 35.9 Å². The Morgan fingerprint density at radius 1 is 1.17 bits per heavy atom. The summed E-state index contributed by atoms with van der Waals surface area (Å²) in [4.78, 5) is 12.0. The normalized spacial score (nSPS) is 10.3. The van der Waals surface area contributed by atoms with Crippen LogP contribution in [0.4, 0.5) is 10.1 Å². The van der Waals surface area contributed by atoms with Gasteiger partial charge in [0.1, 0.15) is 5.75 Å². The summed E-state index contributed by atoms with van der Waals surface area (Å²) < 4.78 is 23.7. The lowest BCUT2D eigenvalue weighted by atomic mass is 10.2. The molecule has 7 heteroatoms. The highest BCUT2D eigenvalue weighted by Gasteiger charge is 2.09. The number of methoxy groups -OCH3 is 2. The molecule has 1 amide bonds. The van der Waals surface area contributed by atoms with E-state index in [2.05, 4.69) is 5.32 Å². The second-order valence-corrected chi connectivity index (χ2v) is 6.28. The summed E-state index contributed by atoms with van der Waals surface area (Å²) in [6.07, 6.45) is 0. The van der Waals surface area contributed by atoms with Crippen LogP contribution in [-0.2, 0) is 10.5 Å². The molecule has 0 unspecified atom stereocenters. The molecule has 0 spiro atoms. The first-order valence-corrected chi connectivity index (χ1v) is 8.60. The van der Waals surface area contributed by atoms with Gasteiger partial charge in [0.25, 0.3) is 0 Å². The summed E-state index contributed by atoms with van der Waals surface area (Å²) in [5, 5.41) is 3.26. The number of hydrogen-bond donors (Lipinski definition) is 1. The lowest BCUT2D eigenvalue weighted by molar-refractivity contribution is -0.113. The van der Waals surface area contributed by atoms with E-state index in [4.69, 9.17) is 21.1 Å². The molecule has 2 rings (SSSR count). The Hall–Kier alpha value is -1.92. The number of thioether (sulfide) groups is 1. The first kappa shape index (κ1) is 18.4. The molecule has 0 saturated heterocycles. The minimum Gasteiger partial charge on any atom is -0.495 e. The van der Waals surface area contributed by atoms with Gasteiger partial charge in [0.15, 0.2) is 11.6 Å². The summed E-state index contributed by atoms with van der Waals surface area (Å²) in [7, 11) is 2.94. The summed E-state index contributed by atoms with van der Waals surface area (Å²) >= 11 is 7.30. The van der Waals surface area contributed by atoms with Crippen LogP contribution in [-0.4, -0.2) is 25.9 Å². The quantitative estimate of drug-likeness (QED) is 0.787. The Balaban J connectivity index is 1.88. The van der Waals surface area contributed by atoms with Gasteiger partial charge in [-0.1, -0.05) is 17.7 Å². The molecular weight excluding hydrogens is 353 g/mol. The van der Waals surface area contributed by atoms with E-state index in [1.165, 1.54) is 32.0 Å². The van der Waals surface area contributed by atoms with Crippen molar-refractivity contribution in [3.8, 4) is 11.5 Å². The molecule has 0 aliphatic heterocycles. The highest BCUT2D eigenvalue weighted by Crippen LogP contribution is 2.28. The predicted octanol–water partition coefficient (Wildman–Crippen LogP) is 4.37. The molecule has 0 radical (unpaired) electrons. The number of hydrogen-bond acceptors (Lipinski definition) is 4. The summed E-state index contributed by atoms with van der Waals surface area (Å²) in [5.41, 5.74) is 1.30. The number of halogens is 2. The van der Waals surface area contributed by atoms with Crippen molar-refractivity contribution in [2.75, 3.05) is 25.3 Å². The van der Waals surface area contributed by atoms with Gasteiger partial charge in [-0.25, -0.2) is 4.39 Å². The molecule has 0 fully saturated rings. The van der Waals surface area contributed by atoms with Crippen LogP contribution in [0.5, 0.6) is 11.5 Å². The molecule has 0 aliphatic carbocycles. The number of rotatable bonds is 7. The highest BCUT2D eigenvalue weighted by molar-refractivity contribution is 7.99. The fourth-order valence-corrected chi connectivity index (χ4v) is 2.97. The number of nitrogens with one attached hydrogen (secondary N) is 1. The maximum atomic E-state index is 13.6. The van der Waals surface area contributed by atoms with Crippen LogP contribution in [0.3, 0.4) is 0 Å². The summed E-state index contributed by atoms with van der Waals surface area (Å²) in [6, 6.07) is 9.74. The van der Waals surface area contributed by atoms with Gasteiger partial charge in [0, 0.05) is 10.8 Å². The molecule has 0 bridgehead atoms. The third kappa shape index (κ3) is 5.04. The molecule has 0 saturated carbocycles. The van der Waals surface area contributed by atoms with Crippen molar-refractivity contribution in [2.45, 2.75) is 5.75 Å². The Morgan fingerprint density at radius 2 is 1.88 bits per heavy atom. The Labute approximate surface area is 149 Å². The lowest BCUT2D eigenvalue weighted by Crippen LogP contribution is -2.14. The second kappa shape index (κ2) is 8.80. The van der Waals surface area contributed by atoms with Crippen LogP contribution in [0.2, 0.25) is 5.02 Å². The monoisotopic (exact) mass is 369 g/mol. The van der Waals surface area contributed by atoms with Gasteiger partial charge >= 0.3 is 0 Å². The van der Waals surface area contributed by atoms with Gasteiger partial charge in [-0.15, -0.1) is 11.8 Å². The first-order valence-electron chi connectivity index (χ1n) is 7.07. The Morgan fingerprint density at radius 3 is 2.54 bits per heavy atom. The maximum absolute atomic E-state index is 13.6. The van der Waals surface area contributed by atoms with Crippen molar-refractivity contribution in [2.24, 2.45) is 0 Å². The van der Waals surface area contributed by atoms with E-state index in [0.29, 0.717) is 22.2 Å². The third-order valence-electron chi connectivity index (χ3n) is 3.15. The zero-order chi connectivity index (χ0) is 17.5. The minimum atomic E-state index is -0.413. The van der Waals surface area contributed by atoms with Crippen LogP contribution < -0.4 is 14.8 Å². The Kier molecular flexibility index (Phi) is 6.75. The van der Waals surface area contributed by atoms with E-state index in [-0.39, 0.29) is 17.4 Å².